The molecule has 3 aromatic rings. The fourth-order valence-corrected chi connectivity index (χ4v) is 3.01. The SMILES string of the molecule is CCOC(=O)c1cccc(Nc2cc(C)nc3c(C)cc(C)cc23)c1. The molecule has 4 heteroatoms. The smallest absolute Gasteiger partial charge is 0.338 e. The van der Waals surface area contributed by atoms with E-state index >= 15 is 0 Å². The molecule has 0 aliphatic carbocycles. The summed E-state index contributed by atoms with van der Waals surface area (Å²) >= 11 is 0. The van der Waals surface area contributed by atoms with Crippen LogP contribution < -0.4 is 5.32 Å². The van der Waals surface area contributed by atoms with Gasteiger partial charge in [0.05, 0.1) is 17.7 Å². The van der Waals surface area contributed by atoms with Crippen molar-refractivity contribution in [2.45, 2.75) is 27.7 Å². The minimum Gasteiger partial charge on any atom is -0.462 e. The topological polar surface area (TPSA) is 51.2 Å². The van der Waals surface area contributed by atoms with Gasteiger partial charge in [-0.1, -0.05) is 17.7 Å². The highest BCUT2D eigenvalue weighted by molar-refractivity contribution is 5.96. The normalized spacial score (nSPS) is 10.7. The molecule has 0 fully saturated rings. The van der Waals surface area contributed by atoms with E-state index in [2.05, 4.69) is 36.3 Å². The van der Waals surface area contributed by atoms with Crippen LogP contribution in [0.15, 0.2) is 42.5 Å². The maximum absolute atomic E-state index is 11.9. The molecule has 2 aromatic carbocycles. The van der Waals surface area contributed by atoms with Crippen molar-refractivity contribution in [3.8, 4) is 0 Å². The van der Waals surface area contributed by atoms with Crippen molar-refractivity contribution in [3.63, 3.8) is 0 Å². The third-order valence-corrected chi connectivity index (χ3v) is 4.03. The van der Waals surface area contributed by atoms with E-state index < -0.39 is 0 Å². The number of anilines is 2. The lowest BCUT2D eigenvalue weighted by Gasteiger charge is -2.13. The second kappa shape index (κ2) is 6.93. The number of carbonyl (C=O) groups excluding carboxylic acids is 1. The maximum atomic E-state index is 11.9. The monoisotopic (exact) mass is 334 g/mol. The number of nitrogens with one attached hydrogen (secondary N) is 1. The number of hydrogen-bond donors (Lipinski definition) is 1. The lowest BCUT2D eigenvalue weighted by molar-refractivity contribution is 0.0526. The highest BCUT2D eigenvalue weighted by Crippen LogP contribution is 2.29. The van der Waals surface area contributed by atoms with Crippen LogP contribution in [-0.4, -0.2) is 17.6 Å². The number of carbonyl (C=O) groups is 1. The predicted molar refractivity (Wildman–Crippen MR) is 102 cm³/mol. The first-order valence-corrected chi connectivity index (χ1v) is 8.40. The molecule has 0 bridgehead atoms. The largest absolute Gasteiger partial charge is 0.462 e. The van der Waals surface area contributed by atoms with Crippen LogP contribution >= 0.6 is 0 Å². The fraction of sp³-hybridized carbons (Fsp3) is 0.238. The minimum atomic E-state index is -0.311. The number of pyridine rings is 1. The van der Waals surface area contributed by atoms with Crippen molar-refractivity contribution in [1.82, 2.24) is 4.98 Å². The summed E-state index contributed by atoms with van der Waals surface area (Å²) in [6, 6.07) is 13.6. The van der Waals surface area contributed by atoms with Crippen LogP contribution in [0.25, 0.3) is 10.9 Å². The fourth-order valence-electron chi connectivity index (χ4n) is 3.01. The summed E-state index contributed by atoms with van der Waals surface area (Å²) in [6.45, 7) is 8.31. The van der Waals surface area contributed by atoms with Crippen molar-refractivity contribution in [3.05, 3.63) is 64.8 Å². The third-order valence-electron chi connectivity index (χ3n) is 4.03. The molecule has 4 nitrogen and oxygen atoms in total. The lowest BCUT2D eigenvalue weighted by Crippen LogP contribution is -2.05. The summed E-state index contributed by atoms with van der Waals surface area (Å²) in [4.78, 5) is 16.6. The van der Waals surface area contributed by atoms with Crippen LogP contribution in [0.3, 0.4) is 0 Å². The summed E-state index contributed by atoms with van der Waals surface area (Å²) in [6.07, 6.45) is 0. The zero-order valence-corrected chi connectivity index (χ0v) is 15.0. The Morgan fingerprint density at radius 1 is 1.12 bits per heavy atom. The van der Waals surface area contributed by atoms with Crippen molar-refractivity contribution < 1.29 is 9.53 Å². The molecule has 0 aliphatic rings. The average molecular weight is 334 g/mol. The minimum absolute atomic E-state index is 0.311. The molecule has 0 unspecified atom stereocenters. The first kappa shape index (κ1) is 17.0. The number of rotatable bonds is 4. The van der Waals surface area contributed by atoms with E-state index in [-0.39, 0.29) is 5.97 Å². The Morgan fingerprint density at radius 2 is 1.92 bits per heavy atom. The van der Waals surface area contributed by atoms with E-state index in [0.717, 1.165) is 33.5 Å². The Labute approximate surface area is 147 Å². The molecule has 0 saturated heterocycles. The molecule has 128 valence electrons. The molecular formula is C21H22N2O2. The molecular weight excluding hydrogens is 312 g/mol. The third kappa shape index (κ3) is 3.63. The molecule has 0 aliphatic heterocycles. The van der Waals surface area contributed by atoms with Gasteiger partial charge < -0.3 is 10.1 Å². The Hall–Kier alpha value is -2.88. The molecule has 25 heavy (non-hydrogen) atoms. The second-order valence-corrected chi connectivity index (χ2v) is 6.22. The number of fused-ring (bicyclic) bond motifs is 1. The summed E-state index contributed by atoms with van der Waals surface area (Å²) < 4.78 is 5.08. The Kier molecular flexibility index (Phi) is 4.70. The van der Waals surface area contributed by atoms with E-state index in [0.29, 0.717) is 12.2 Å². The van der Waals surface area contributed by atoms with Crippen LogP contribution in [0.1, 0.15) is 34.1 Å². The molecule has 3 rings (SSSR count). The van der Waals surface area contributed by atoms with Crippen molar-refractivity contribution in [2.75, 3.05) is 11.9 Å². The molecule has 0 amide bonds. The van der Waals surface area contributed by atoms with Gasteiger partial charge in [-0.05, 0) is 63.6 Å². The average Bonchev–Trinajstić information content (AvgIpc) is 2.56. The van der Waals surface area contributed by atoms with E-state index in [1.54, 1.807) is 13.0 Å². The van der Waals surface area contributed by atoms with Crippen LogP contribution in [-0.2, 0) is 4.74 Å². The first-order chi connectivity index (χ1) is 12.0. The Morgan fingerprint density at radius 3 is 2.68 bits per heavy atom. The summed E-state index contributed by atoms with van der Waals surface area (Å²) in [5.74, 6) is -0.311. The van der Waals surface area contributed by atoms with E-state index in [4.69, 9.17) is 4.74 Å². The number of ether oxygens (including phenoxy) is 1. The van der Waals surface area contributed by atoms with Crippen LogP contribution in [0, 0.1) is 20.8 Å². The van der Waals surface area contributed by atoms with Gasteiger partial charge in [-0.15, -0.1) is 0 Å². The molecule has 0 radical (unpaired) electrons. The van der Waals surface area contributed by atoms with Crippen molar-refractivity contribution in [2.24, 2.45) is 0 Å². The van der Waals surface area contributed by atoms with Gasteiger partial charge in [-0.3, -0.25) is 4.98 Å². The molecule has 1 N–H and O–H groups in total. The molecule has 1 heterocycles. The lowest BCUT2D eigenvalue weighted by atomic mass is 10.0. The molecule has 0 saturated carbocycles. The summed E-state index contributed by atoms with van der Waals surface area (Å²) in [5.41, 5.74) is 6.65. The van der Waals surface area contributed by atoms with Gasteiger partial charge >= 0.3 is 5.97 Å². The second-order valence-electron chi connectivity index (χ2n) is 6.22. The van der Waals surface area contributed by atoms with Crippen molar-refractivity contribution in [1.29, 1.82) is 0 Å². The van der Waals surface area contributed by atoms with Crippen LogP contribution in [0.2, 0.25) is 0 Å². The zero-order valence-electron chi connectivity index (χ0n) is 15.0. The van der Waals surface area contributed by atoms with Crippen LogP contribution in [0.5, 0.6) is 0 Å². The predicted octanol–water partition coefficient (Wildman–Crippen LogP) is 5.08. The number of esters is 1. The Bertz CT molecular complexity index is 948. The summed E-state index contributed by atoms with van der Waals surface area (Å²) in [7, 11) is 0. The van der Waals surface area contributed by atoms with Gasteiger partial charge in [0.2, 0.25) is 0 Å². The maximum Gasteiger partial charge on any atom is 0.338 e. The number of nitrogens with zero attached hydrogens (tertiary/aromatic N) is 1. The molecule has 0 atom stereocenters. The van der Waals surface area contributed by atoms with Crippen molar-refractivity contribution >= 4 is 28.2 Å². The number of aromatic nitrogens is 1. The van der Waals surface area contributed by atoms with Gasteiger partial charge in [-0.25, -0.2) is 4.79 Å². The Balaban J connectivity index is 2.04. The number of hydrogen-bond acceptors (Lipinski definition) is 4. The molecule has 1 aromatic heterocycles. The van der Waals surface area contributed by atoms with E-state index in [1.807, 2.05) is 31.2 Å². The van der Waals surface area contributed by atoms with Gasteiger partial charge in [0, 0.05) is 22.5 Å². The molecule has 0 spiro atoms. The zero-order chi connectivity index (χ0) is 18.0. The highest BCUT2D eigenvalue weighted by Gasteiger charge is 2.10. The first-order valence-electron chi connectivity index (χ1n) is 8.40. The van der Waals surface area contributed by atoms with Crippen LogP contribution in [0.4, 0.5) is 11.4 Å². The quantitative estimate of drug-likeness (QED) is 0.676. The van der Waals surface area contributed by atoms with E-state index in [1.165, 1.54) is 5.56 Å². The highest BCUT2D eigenvalue weighted by atomic mass is 16.5. The van der Waals surface area contributed by atoms with Gasteiger partial charge in [0.25, 0.3) is 0 Å². The van der Waals surface area contributed by atoms with Gasteiger partial charge in [0.15, 0.2) is 0 Å². The standard InChI is InChI=1S/C21H22N2O2/c1-5-25-21(24)16-7-6-8-17(12-16)23-19-11-15(4)22-20-14(3)9-13(2)10-18(19)20/h6-12H,5H2,1-4H3,(H,22,23). The van der Waals surface area contributed by atoms with Gasteiger partial charge in [-0.2, -0.15) is 0 Å². The number of benzene rings is 2. The van der Waals surface area contributed by atoms with Gasteiger partial charge in [0.1, 0.15) is 0 Å². The number of aryl methyl sites for hydroxylation is 3. The summed E-state index contributed by atoms with van der Waals surface area (Å²) in [5, 5.41) is 4.51. The van der Waals surface area contributed by atoms with E-state index in [9.17, 15) is 4.79 Å².